The van der Waals surface area contributed by atoms with E-state index in [2.05, 4.69) is 15.2 Å². The number of aryl methyl sites for hydroxylation is 1. The molecule has 1 aromatic heterocycles. The molecule has 2 aromatic rings. The van der Waals surface area contributed by atoms with E-state index in [0.29, 0.717) is 17.8 Å². The highest BCUT2D eigenvalue weighted by Gasteiger charge is 2.14. The van der Waals surface area contributed by atoms with Gasteiger partial charge in [0.25, 0.3) is 5.69 Å². The number of nitro benzene ring substituents is 1. The molecule has 22 heavy (non-hydrogen) atoms. The summed E-state index contributed by atoms with van der Waals surface area (Å²) in [5, 5.41) is 26.9. The second-order valence-corrected chi connectivity index (χ2v) is 5.20. The first-order valence-corrected chi connectivity index (χ1v) is 7.10. The number of thioether (sulfide) groups is 1. The SMILES string of the molecule is CCc1nc(S/C(=C\c2cccc([N+](=O)[O-])c2)C(=O)O)n[nH]1. The summed E-state index contributed by atoms with van der Waals surface area (Å²) < 4.78 is 0. The Morgan fingerprint density at radius 2 is 2.32 bits per heavy atom. The van der Waals surface area contributed by atoms with Gasteiger partial charge < -0.3 is 5.11 Å². The fourth-order valence-corrected chi connectivity index (χ4v) is 2.32. The highest BCUT2D eigenvalue weighted by atomic mass is 32.2. The maximum Gasteiger partial charge on any atom is 0.342 e. The van der Waals surface area contributed by atoms with Gasteiger partial charge in [-0.15, -0.1) is 5.10 Å². The summed E-state index contributed by atoms with van der Waals surface area (Å²) in [7, 11) is 0. The van der Waals surface area contributed by atoms with E-state index in [-0.39, 0.29) is 15.7 Å². The third kappa shape index (κ3) is 3.92. The predicted molar refractivity (Wildman–Crippen MR) is 80.3 cm³/mol. The third-order valence-electron chi connectivity index (χ3n) is 2.64. The van der Waals surface area contributed by atoms with E-state index in [1.165, 1.54) is 24.3 Å². The monoisotopic (exact) mass is 320 g/mol. The number of carboxylic acid groups (broad SMARTS) is 1. The molecular weight excluding hydrogens is 308 g/mol. The first kappa shape index (κ1) is 15.7. The summed E-state index contributed by atoms with van der Waals surface area (Å²) in [4.78, 5) is 25.6. The molecular formula is C13H12N4O4S. The van der Waals surface area contributed by atoms with Crippen LogP contribution in [0.2, 0.25) is 0 Å². The highest BCUT2D eigenvalue weighted by Crippen LogP contribution is 2.26. The number of aliphatic carboxylic acids is 1. The van der Waals surface area contributed by atoms with Gasteiger partial charge >= 0.3 is 5.97 Å². The fourth-order valence-electron chi connectivity index (χ4n) is 1.59. The average molecular weight is 320 g/mol. The van der Waals surface area contributed by atoms with Crippen molar-refractivity contribution in [1.29, 1.82) is 0 Å². The lowest BCUT2D eigenvalue weighted by molar-refractivity contribution is -0.384. The maximum atomic E-state index is 11.3. The number of hydrogen-bond acceptors (Lipinski definition) is 6. The van der Waals surface area contributed by atoms with Crippen LogP contribution in [0, 0.1) is 10.1 Å². The van der Waals surface area contributed by atoms with Gasteiger partial charge in [0, 0.05) is 18.6 Å². The van der Waals surface area contributed by atoms with Crippen molar-refractivity contribution in [2.75, 3.05) is 0 Å². The number of nitro groups is 1. The third-order valence-corrected chi connectivity index (χ3v) is 3.51. The van der Waals surface area contributed by atoms with Crippen molar-refractivity contribution in [2.45, 2.75) is 18.5 Å². The number of carboxylic acids is 1. The van der Waals surface area contributed by atoms with Crippen LogP contribution in [-0.2, 0) is 11.2 Å². The zero-order chi connectivity index (χ0) is 16.1. The van der Waals surface area contributed by atoms with E-state index in [1.54, 1.807) is 6.07 Å². The van der Waals surface area contributed by atoms with Gasteiger partial charge in [-0.3, -0.25) is 15.2 Å². The maximum absolute atomic E-state index is 11.3. The minimum atomic E-state index is -1.15. The lowest BCUT2D eigenvalue weighted by atomic mass is 10.2. The Labute approximate surface area is 129 Å². The molecule has 0 aliphatic rings. The predicted octanol–water partition coefficient (Wildman–Crippen LogP) is 2.49. The molecule has 0 saturated heterocycles. The van der Waals surface area contributed by atoms with Crippen molar-refractivity contribution in [3.63, 3.8) is 0 Å². The minimum absolute atomic E-state index is 0.0258. The Bertz CT molecular complexity index is 741. The number of nitrogens with one attached hydrogen (secondary N) is 1. The average Bonchev–Trinajstić information content (AvgIpc) is 2.94. The second-order valence-electron chi connectivity index (χ2n) is 4.19. The normalized spacial score (nSPS) is 11.4. The second kappa shape index (κ2) is 6.85. The number of carbonyl (C=O) groups is 1. The van der Waals surface area contributed by atoms with E-state index in [1.807, 2.05) is 6.92 Å². The first-order chi connectivity index (χ1) is 10.5. The van der Waals surface area contributed by atoms with Crippen LogP contribution in [0.5, 0.6) is 0 Å². The molecule has 1 heterocycles. The first-order valence-electron chi connectivity index (χ1n) is 6.28. The van der Waals surface area contributed by atoms with Crippen LogP contribution in [-0.4, -0.2) is 31.2 Å². The summed E-state index contributed by atoms with van der Waals surface area (Å²) in [6, 6.07) is 5.73. The lowest BCUT2D eigenvalue weighted by Gasteiger charge is -1.99. The van der Waals surface area contributed by atoms with Crippen LogP contribution in [0.3, 0.4) is 0 Å². The van der Waals surface area contributed by atoms with Crippen LogP contribution < -0.4 is 0 Å². The minimum Gasteiger partial charge on any atom is -0.477 e. The molecule has 1 aromatic carbocycles. The number of non-ortho nitro benzene ring substituents is 1. The number of benzene rings is 1. The molecule has 0 unspecified atom stereocenters. The molecule has 0 fully saturated rings. The number of aromatic amines is 1. The smallest absolute Gasteiger partial charge is 0.342 e. The zero-order valence-electron chi connectivity index (χ0n) is 11.5. The molecule has 8 nitrogen and oxygen atoms in total. The number of hydrogen-bond donors (Lipinski definition) is 2. The van der Waals surface area contributed by atoms with E-state index in [4.69, 9.17) is 0 Å². The Balaban J connectivity index is 2.28. The van der Waals surface area contributed by atoms with Gasteiger partial charge in [-0.1, -0.05) is 19.1 Å². The Morgan fingerprint density at radius 1 is 1.55 bits per heavy atom. The summed E-state index contributed by atoms with van der Waals surface area (Å²) >= 11 is 0.880. The number of aromatic nitrogens is 3. The molecule has 114 valence electrons. The van der Waals surface area contributed by atoms with Gasteiger partial charge in [-0.25, -0.2) is 9.78 Å². The van der Waals surface area contributed by atoms with Gasteiger partial charge in [-0.05, 0) is 23.4 Å². The van der Waals surface area contributed by atoms with Crippen molar-refractivity contribution in [3.05, 3.63) is 50.7 Å². The molecule has 0 saturated carbocycles. The standard InChI is InChI=1S/C13H12N4O4S/c1-2-11-14-13(16-15-11)22-10(12(18)19)7-8-4-3-5-9(6-8)17(20)21/h3-7H,2H2,1H3,(H,18,19)(H,14,15,16)/b10-7-. The van der Waals surface area contributed by atoms with Gasteiger partial charge in [0.05, 0.1) is 4.92 Å². The van der Waals surface area contributed by atoms with E-state index >= 15 is 0 Å². The van der Waals surface area contributed by atoms with E-state index in [0.717, 1.165) is 11.8 Å². The Hall–Kier alpha value is -2.68. The Morgan fingerprint density at radius 3 is 2.91 bits per heavy atom. The molecule has 2 N–H and O–H groups in total. The number of nitrogens with zero attached hydrogens (tertiary/aromatic N) is 3. The topological polar surface area (TPSA) is 122 Å². The molecule has 9 heteroatoms. The summed E-state index contributed by atoms with van der Waals surface area (Å²) in [6.07, 6.45) is 2.01. The van der Waals surface area contributed by atoms with Crippen molar-refractivity contribution in [2.24, 2.45) is 0 Å². The largest absolute Gasteiger partial charge is 0.477 e. The van der Waals surface area contributed by atoms with Crippen molar-refractivity contribution >= 4 is 29.5 Å². The van der Waals surface area contributed by atoms with Crippen LogP contribution in [0.25, 0.3) is 6.08 Å². The van der Waals surface area contributed by atoms with Crippen LogP contribution >= 0.6 is 11.8 Å². The molecule has 2 rings (SSSR count). The van der Waals surface area contributed by atoms with Crippen LogP contribution in [0.4, 0.5) is 5.69 Å². The zero-order valence-corrected chi connectivity index (χ0v) is 12.3. The number of H-pyrrole nitrogens is 1. The molecule has 0 bridgehead atoms. The van der Waals surface area contributed by atoms with E-state index < -0.39 is 10.9 Å². The van der Waals surface area contributed by atoms with Crippen molar-refractivity contribution in [3.8, 4) is 0 Å². The van der Waals surface area contributed by atoms with Gasteiger partial charge in [-0.2, -0.15) is 0 Å². The van der Waals surface area contributed by atoms with Crippen LogP contribution in [0.15, 0.2) is 34.3 Å². The number of rotatable bonds is 6. The quantitative estimate of drug-likeness (QED) is 0.363. The lowest BCUT2D eigenvalue weighted by Crippen LogP contribution is -1.97. The van der Waals surface area contributed by atoms with Crippen LogP contribution in [0.1, 0.15) is 18.3 Å². The Kier molecular flexibility index (Phi) is 4.89. The molecule has 0 aliphatic carbocycles. The van der Waals surface area contributed by atoms with E-state index in [9.17, 15) is 20.0 Å². The molecule has 0 atom stereocenters. The van der Waals surface area contributed by atoms with Crippen molar-refractivity contribution in [1.82, 2.24) is 15.2 Å². The highest BCUT2D eigenvalue weighted by molar-refractivity contribution is 8.04. The van der Waals surface area contributed by atoms with Gasteiger partial charge in [0.2, 0.25) is 5.16 Å². The van der Waals surface area contributed by atoms with Gasteiger partial charge in [0.1, 0.15) is 10.7 Å². The molecule has 0 radical (unpaired) electrons. The summed E-state index contributed by atoms with van der Waals surface area (Å²) in [5.41, 5.74) is 0.319. The van der Waals surface area contributed by atoms with Crippen molar-refractivity contribution < 1.29 is 14.8 Å². The molecule has 0 spiro atoms. The summed E-state index contributed by atoms with van der Waals surface area (Å²) in [5.74, 6) is -0.498. The fraction of sp³-hybridized carbons (Fsp3) is 0.154. The molecule has 0 amide bonds. The van der Waals surface area contributed by atoms with Gasteiger partial charge in [0.15, 0.2) is 0 Å². The summed E-state index contributed by atoms with van der Waals surface area (Å²) in [6.45, 7) is 1.89. The molecule has 0 aliphatic heterocycles.